The summed E-state index contributed by atoms with van der Waals surface area (Å²) in [6.07, 6.45) is 8.94. The normalized spacial score (nSPS) is 10.4. The highest BCUT2D eigenvalue weighted by atomic mass is 16.6. The van der Waals surface area contributed by atoms with Crippen molar-refractivity contribution >= 4 is 11.5 Å². The summed E-state index contributed by atoms with van der Waals surface area (Å²) in [4.78, 5) is 14.6. The number of pyridine rings is 1. The molecule has 1 heterocycles. The Morgan fingerprint density at radius 3 is 2.63 bits per heavy atom. The third-order valence-electron chi connectivity index (χ3n) is 3.11. The maximum atomic E-state index is 10.8. The Morgan fingerprint density at radius 2 is 1.95 bits per heavy atom. The average molecular weight is 265 g/mol. The zero-order chi connectivity index (χ0) is 14.1. The Kier molecular flexibility index (Phi) is 6.85. The molecule has 0 aliphatic heterocycles. The fraction of sp³-hybridized carbons (Fsp3) is 0.643. The van der Waals surface area contributed by atoms with E-state index in [9.17, 15) is 10.1 Å². The molecule has 5 heteroatoms. The number of hydrogen-bond acceptors (Lipinski definition) is 4. The molecule has 0 saturated carbocycles. The summed E-state index contributed by atoms with van der Waals surface area (Å²) in [5, 5.41) is 13.9. The van der Waals surface area contributed by atoms with E-state index in [0.717, 1.165) is 13.0 Å². The number of rotatable bonds is 9. The average Bonchev–Trinajstić information content (AvgIpc) is 2.39. The first kappa shape index (κ1) is 15.4. The fourth-order valence-corrected chi connectivity index (χ4v) is 1.93. The van der Waals surface area contributed by atoms with Crippen LogP contribution in [0, 0.1) is 17.0 Å². The van der Waals surface area contributed by atoms with Gasteiger partial charge in [0.1, 0.15) is 5.82 Å². The van der Waals surface area contributed by atoms with Crippen LogP contribution in [-0.4, -0.2) is 16.5 Å². The largest absolute Gasteiger partial charge is 0.370 e. The summed E-state index contributed by atoms with van der Waals surface area (Å²) in [7, 11) is 0. The van der Waals surface area contributed by atoms with E-state index in [0.29, 0.717) is 11.4 Å². The van der Waals surface area contributed by atoms with Gasteiger partial charge in [0, 0.05) is 18.3 Å². The minimum Gasteiger partial charge on any atom is -0.370 e. The number of nitrogens with one attached hydrogen (secondary N) is 1. The molecule has 106 valence electrons. The second-order valence-electron chi connectivity index (χ2n) is 4.81. The van der Waals surface area contributed by atoms with Crippen molar-refractivity contribution in [2.45, 2.75) is 52.4 Å². The predicted octanol–water partition coefficient (Wildman–Crippen LogP) is 4.07. The van der Waals surface area contributed by atoms with Crippen LogP contribution in [0.25, 0.3) is 0 Å². The highest BCUT2D eigenvalue weighted by molar-refractivity contribution is 5.48. The van der Waals surface area contributed by atoms with Crippen molar-refractivity contribution in [1.29, 1.82) is 0 Å². The lowest BCUT2D eigenvalue weighted by atomic mass is 10.1. The highest BCUT2D eigenvalue weighted by Gasteiger charge is 2.11. The van der Waals surface area contributed by atoms with Crippen LogP contribution < -0.4 is 5.32 Å². The number of anilines is 1. The van der Waals surface area contributed by atoms with E-state index in [1.807, 2.05) is 0 Å². The number of nitro groups is 1. The van der Waals surface area contributed by atoms with Crippen LogP contribution in [-0.2, 0) is 0 Å². The Hall–Kier alpha value is -1.65. The topological polar surface area (TPSA) is 68.1 Å². The molecule has 1 aromatic heterocycles. The van der Waals surface area contributed by atoms with Crippen LogP contribution in [0.3, 0.4) is 0 Å². The molecule has 5 nitrogen and oxygen atoms in total. The van der Waals surface area contributed by atoms with Gasteiger partial charge in [0.15, 0.2) is 0 Å². The Balaban J connectivity index is 2.30. The molecule has 0 aliphatic rings. The van der Waals surface area contributed by atoms with E-state index < -0.39 is 0 Å². The standard InChI is InChI=1S/C14H23N3O2/c1-3-4-5-6-7-8-9-15-14-10-13(17(18)19)12(2)11-16-14/h10-11H,3-9H2,1-2H3,(H,15,16). The van der Waals surface area contributed by atoms with Gasteiger partial charge in [-0.05, 0) is 13.3 Å². The maximum absolute atomic E-state index is 10.8. The van der Waals surface area contributed by atoms with E-state index in [2.05, 4.69) is 17.2 Å². The predicted molar refractivity (Wildman–Crippen MR) is 77.5 cm³/mol. The fourth-order valence-electron chi connectivity index (χ4n) is 1.93. The molecular formula is C14H23N3O2. The van der Waals surface area contributed by atoms with Gasteiger partial charge >= 0.3 is 0 Å². The number of aromatic nitrogens is 1. The summed E-state index contributed by atoms with van der Waals surface area (Å²) in [5.41, 5.74) is 0.718. The van der Waals surface area contributed by atoms with Crippen LogP contribution in [0.5, 0.6) is 0 Å². The van der Waals surface area contributed by atoms with Crippen molar-refractivity contribution in [3.63, 3.8) is 0 Å². The third-order valence-corrected chi connectivity index (χ3v) is 3.11. The summed E-state index contributed by atoms with van der Waals surface area (Å²) in [6, 6.07) is 1.51. The van der Waals surface area contributed by atoms with Crippen LogP contribution in [0.1, 0.15) is 51.0 Å². The first-order valence-electron chi connectivity index (χ1n) is 7.00. The number of aryl methyl sites for hydroxylation is 1. The lowest BCUT2D eigenvalue weighted by Gasteiger charge is -2.06. The molecule has 1 aromatic rings. The van der Waals surface area contributed by atoms with Gasteiger partial charge in [0.25, 0.3) is 5.69 Å². The maximum Gasteiger partial charge on any atom is 0.277 e. The molecule has 0 bridgehead atoms. The molecule has 0 fully saturated rings. The molecule has 0 aromatic carbocycles. The molecular weight excluding hydrogens is 242 g/mol. The van der Waals surface area contributed by atoms with Crippen molar-refractivity contribution in [2.24, 2.45) is 0 Å². The zero-order valence-corrected chi connectivity index (χ0v) is 11.8. The molecule has 0 aliphatic carbocycles. The van der Waals surface area contributed by atoms with Gasteiger partial charge in [-0.25, -0.2) is 4.98 Å². The van der Waals surface area contributed by atoms with Gasteiger partial charge in [-0.1, -0.05) is 39.0 Å². The van der Waals surface area contributed by atoms with Crippen LogP contribution in [0.4, 0.5) is 11.5 Å². The van der Waals surface area contributed by atoms with Crippen LogP contribution >= 0.6 is 0 Å². The van der Waals surface area contributed by atoms with Crippen molar-refractivity contribution in [3.05, 3.63) is 27.9 Å². The molecule has 0 spiro atoms. The zero-order valence-electron chi connectivity index (χ0n) is 11.8. The lowest BCUT2D eigenvalue weighted by Crippen LogP contribution is -2.04. The van der Waals surface area contributed by atoms with E-state index in [1.165, 1.54) is 38.2 Å². The van der Waals surface area contributed by atoms with Crippen molar-refractivity contribution in [2.75, 3.05) is 11.9 Å². The van der Waals surface area contributed by atoms with Crippen LogP contribution in [0.15, 0.2) is 12.3 Å². The summed E-state index contributed by atoms with van der Waals surface area (Å²) >= 11 is 0. The van der Waals surface area contributed by atoms with Crippen molar-refractivity contribution in [3.8, 4) is 0 Å². The second-order valence-corrected chi connectivity index (χ2v) is 4.81. The summed E-state index contributed by atoms with van der Waals surface area (Å²) < 4.78 is 0. The Bertz CT molecular complexity index is 408. The quantitative estimate of drug-likeness (QED) is 0.415. The van der Waals surface area contributed by atoms with E-state index in [4.69, 9.17) is 0 Å². The summed E-state index contributed by atoms with van der Waals surface area (Å²) in [5.74, 6) is 0.589. The van der Waals surface area contributed by atoms with E-state index in [1.54, 1.807) is 13.1 Å². The smallest absolute Gasteiger partial charge is 0.277 e. The van der Waals surface area contributed by atoms with E-state index >= 15 is 0 Å². The van der Waals surface area contributed by atoms with Gasteiger partial charge in [0.2, 0.25) is 0 Å². The molecule has 1 N–H and O–H groups in total. The second kappa shape index (κ2) is 8.45. The van der Waals surface area contributed by atoms with Gasteiger partial charge in [-0.2, -0.15) is 0 Å². The molecule has 0 radical (unpaired) electrons. The first-order chi connectivity index (χ1) is 9.15. The Labute approximate surface area is 114 Å². The van der Waals surface area contributed by atoms with Gasteiger partial charge < -0.3 is 5.32 Å². The highest BCUT2D eigenvalue weighted by Crippen LogP contribution is 2.19. The van der Waals surface area contributed by atoms with Crippen LogP contribution in [0.2, 0.25) is 0 Å². The molecule has 1 rings (SSSR count). The molecule has 0 atom stereocenters. The van der Waals surface area contributed by atoms with Gasteiger partial charge in [0.05, 0.1) is 11.0 Å². The minimum atomic E-state index is -0.368. The number of unbranched alkanes of at least 4 members (excludes halogenated alkanes) is 5. The molecule has 0 unspecified atom stereocenters. The molecule has 0 saturated heterocycles. The summed E-state index contributed by atoms with van der Waals surface area (Å²) in [6.45, 7) is 4.72. The number of hydrogen-bond donors (Lipinski definition) is 1. The Morgan fingerprint density at radius 1 is 1.26 bits per heavy atom. The monoisotopic (exact) mass is 265 g/mol. The molecule has 0 amide bonds. The minimum absolute atomic E-state index is 0.125. The van der Waals surface area contributed by atoms with Gasteiger partial charge in [-0.15, -0.1) is 0 Å². The lowest BCUT2D eigenvalue weighted by molar-refractivity contribution is -0.385. The van der Waals surface area contributed by atoms with Crippen molar-refractivity contribution in [1.82, 2.24) is 4.98 Å². The van der Waals surface area contributed by atoms with E-state index in [-0.39, 0.29) is 10.6 Å². The van der Waals surface area contributed by atoms with Crippen molar-refractivity contribution < 1.29 is 4.92 Å². The number of nitrogens with zero attached hydrogens (tertiary/aromatic N) is 2. The van der Waals surface area contributed by atoms with Gasteiger partial charge in [-0.3, -0.25) is 10.1 Å². The first-order valence-corrected chi connectivity index (χ1v) is 7.00. The third kappa shape index (κ3) is 5.68. The molecule has 19 heavy (non-hydrogen) atoms. The SMILES string of the molecule is CCCCCCCCNc1cc([N+](=O)[O-])c(C)cn1.